The molecule has 0 bridgehead atoms. The molecule has 1 N–H and O–H groups in total. The molecule has 3 heterocycles. The molecule has 2 atom stereocenters. The molecule has 7 nitrogen and oxygen atoms in total. The average Bonchev–Trinajstić information content (AvgIpc) is 2.77. The maximum Gasteiger partial charge on any atom is 0.303 e. The first-order valence-electron chi connectivity index (χ1n) is 10.8. The number of hydrogen-bond acceptors (Lipinski definition) is 5. The zero-order valence-corrected chi connectivity index (χ0v) is 19.8. The topological polar surface area (TPSA) is 92.6 Å². The Morgan fingerprint density at radius 1 is 1.26 bits per heavy atom. The third-order valence-corrected chi connectivity index (χ3v) is 6.39. The van der Waals surface area contributed by atoms with Crippen LogP contribution in [0.3, 0.4) is 0 Å². The van der Waals surface area contributed by atoms with Crippen molar-refractivity contribution in [3.8, 4) is 17.0 Å². The van der Waals surface area contributed by atoms with Crippen LogP contribution in [0, 0.1) is 11.7 Å². The molecule has 1 saturated heterocycles. The molecule has 34 heavy (non-hydrogen) atoms. The summed E-state index contributed by atoms with van der Waals surface area (Å²) in [4.78, 5) is 34.3. The van der Waals surface area contributed by atoms with Gasteiger partial charge in [0.1, 0.15) is 5.82 Å². The van der Waals surface area contributed by atoms with Crippen molar-refractivity contribution in [2.45, 2.75) is 32.3 Å². The molecule has 1 aliphatic rings. The summed E-state index contributed by atoms with van der Waals surface area (Å²) in [7, 11) is 0. The number of nitrogens with zero attached hydrogens (tertiary/aromatic N) is 3. The predicted molar refractivity (Wildman–Crippen MR) is 127 cm³/mol. The number of aliphatic carboxylic acids is 1. The van der Waals surface area contributed by atoms with Gasteiger partial charge in [0.05, 0.1) is 10.0 Å². The number of rotatable bonds is 6. The van der Waals surface area contributed by atoms with Gasteiger partial charge in [-0.05, 0) is 55.5 Å². The zero-order valence-electron chi connectivity index (χ0n) is 18.3. The first-order valence-corrected chi connectivity index (χ1v) is 11.6. The summed E-state index contributed by atoms with van der Waals surface area (Å²) in [6, 6.07) is 7.44. The summed E-state index contributed by atoms with van der Waals surface area (Å²) < 4.78 is 19.4. The van der Waals surface area contributed by atoms with Crippen molar-refractivity contribution in [1.29, 1.82) is 0 Å². The molecule has 1 aliphatic heterocycles. The van der Waals surface area contributed by atoms with Crippen LogP contribution in [0.4, 0.5) is 4.39 Å². The summed E-state index contributed by atoms with van der Waals surface area (Å²) >= 11 is 12.5. The summed E-state index contributed by atoms with van der Waals surface area (Å²) in [5.74, 6) is -1.46. The number of likely N-dealkylation sites (tertiary alicyclic amines) is 1. The number of amides is 1. The number of carboxylic acids is 1. The van der Waals surface area contributed by atoms with Crippen molar-refractivity contribution in [3.63, 3.8) is 0 Å². The van der Waals surface area contributed by atoms with Crippen LogP contribution in [0.1, 0.15) is 26.2 Å². The smallest absolute Gasteiger partial charge is 0.303 e. The Labute approximate surface area is 205 Å². The molecule has 1 amide bonds. The van der Waals surface area contributed by atoms with Gasteiger partial charge in [-0.25, -0.2) is 9.37 Å². The Bertz CT molecular complexity index is 1230. The fourth-order valence-corrected chi connectivity index (χ4v) is 4.93. The second-order valence-corrected chi connectivity index (χ2v) is 9.09. The van der Waals surface area contributed by atoms with Gasteiger partial charge in [0.25, 0.3) is 5.91 Å². The number of aromatic nitrogens is 2. The lowest BCUT2D eigenvalue weighted by atomic mass is 9.94. The van der Waals surface area contributed by atoms with E-state index in [2.05, 4.69) is 9.97 Å². The highest BCUT2D eigenvalue weighted by atomic mass is 35.5. The maximum atomic E-state index is 13.6. The maximum absolute atomic E-state index is 13.6. The normalized spacial score (nSPS) is 16.9. The van der Waals surface area contributed by atoms with Gasteiger partial charge < -0.3 is 14.7 Å². The van der Waals surface area contributed by atoms with Crippen LogP contribution in [0.15, 0.2) is 36.5 Å². The zero-order chi connectivity index (χ0) is 24.4. The van der Waals surface area contributed by atoms with Crippen LogP contribution < -0.4 is 4.74 Å². The van der Waals surface area contributed by atoms with Crippen LogP contribution in [0.25, 0.3) is 22.2 Å². The van der Waals surface area contributed by atoms with E-state index in [0.29, 0.717) is 35.2 Å². The molecule has 1 aromatic carbocycles. The van der Waals surface area contributed by atoms with E-state index in [1.807, 2.05) is 0 Å². The van der Waals surface area contributed by atoms with Crippen LogP contribution in [0.5, 0.6) is 5.88 Å². The largest absolute Gasteiger partial charge is 0.481 e. The number of carbonyl (C=O) groups excluding carboxylic acids is 1. The molecule has 0 radical (unpaired) electrons. The van der Waals surface area contributed by atoms with Crippen molar-refractivity contribution in [1.82, 2.24) is 14.9 Å². The van der Waals surface area contributed by atoms with Crippen molar-refractivity contribution >= 4 is 46.1 Å². The van der Waals surface area contributed by atoms with E-state index in [0.717, 1.165) is 12.8 Å². The predicted octanol–water partition coefficient (Wildman–Crippen LogP) is 5.22. The Hall–Kier alpha value is -2.97. The third kappa shape index (κ3) is 5.23. The molecule has 10 heteroatoms. The number of halogens is 3. The standard InChI is InChI=1S/C24H22Cl2FN3O4/c1-13(24(33)30-8-2-3-14(12-30)9-21(31)32)34-20-5-4-17-16(6-7-28-23(17)29-20)22-18(25)10-15(27)11-19(22)26/h4-7,10-11,13-14H,2-3,8-9,12H2,1H3,(H,31,32)/t13-,14-/m1/s1. The van der Waals surface area contributed by atoms with Crippen molar-refractivity contribution in [2.24, 2.45) is 5.92 Å². The minimum absolute atomic E-state index is 0.0430. The Morgan fingerprint density at radius 2 is 2.00 bits per heavy atom. The molecule has 0 saturated carbocycles. The molecule has 3 aromatic rings. The van der Waals surface area contributed by atoms with E-state index < -0.39 is 17.9 Å². The van der Waals surface area contributed by atoms with Gasteiger partial charge in [-0.3, -0.25) is 9.59 Å². The van der Waals surface area contributed by atoms with Gasteiger partial charge in [0.2, 0.25) is 5.88 Å². The number of carboxylic acid groups (broad SMARTS) is 1. The van der Waals surface area contributed by atoms with E-state index in [4.69, 9.17) is 33.0 Å². The fraction of sp³-hybridized carbons (Fsp3) is 0.333. The lowest BCUT2D eigenvalue weighted by Gasteiger charge is -2.33. The van der Waals surface area contributed by atoms with Crippen LogP contribution in [0.2, 0.25) is 10.0 Å². The highest BCUT2D eigenvalue weighted by Crippen LogP contribution is 2.38. The van der Waals surface area contributed by atoms with Crippen molar-refractivity contribution in [2.75, 3.05) is 13.1 Å². The first-order chi connectivity index (χ1) is 16.2. The van der Waals surface area contributed by atoms with E-state index >= 15 is 0 Å². The summed E-state index contributed by atoms with van der Waals surface area (Å²) in [6.45, 7) is 2.60. The van der Waals surface area contributed by atoms with Gasteiger partial charge in [-0.2, -0.15) is 4.98 Å². The number of benzene rings is 1. The van der Waals surface area contributed by atoms with Gasteiger partial charge in [-0.1, -0.05) is 23.2 Å². The SMILES string of the molecule is C[C@@H](Oc1ccc2c(-c3c(Cl)cc(F)cc3Cl)ccnc2n1)C(=O)N1CCC[C@H](CC(=O)O)C1. The molecule has 0 spiro atoms. The number of pyridine rings is 2. The average molecular weight is 506 g/mol. The third-order valence-electron chi connectivity index (χ3n) is 5.79. The Kier molecular flexibility index (Phi) is 7.19. The molecule has 2 aromatic heterocycles. The molecule has 4 rings (SSSR count). The van der Waals surface area contributed by atoms with Crippen LogP contribution in [-0.4, -0.2) is 51.0 Å². The number of ether oxygens (including phenoxy) is 1. The highest BCUT2D eigenvalue weighted by molar-refractivity contribution is 6.39. The summed E-state index contributed by atoms with van der Waals surface area (Å²) in [5.41, 5.74) is 1.46. The lowest BCUT2D eigenvalue weighted by molar-refractivity contribution is -0.143. The Morgan fingerprint density at radius 3 is 2.71 bits per heavy atom. The molecule has 0 unspecified atom stereocenters. The molecule has 0 aliphatic carbocycles. The first kappa shape index (κ1) is 24.2. The number of piperidine rings is 1. The van der Waals surface area contributed by atoms with Gasteiger partial charge in [-0.15, -0.1) is 0 Å². The van der Waals surface area contributed by atoms with Gasteiger partial charge >= 0.3 is 5.97 Å². The molecular weight excluding hydrogens is 484 g/mol. The number of fused-ring (bicyclic) bond motifs is 1. The van der Waals surface area contributed by atoms with Crippen molar-refractivity contribution < 1.29 is 23.8 Å². The minimum Gasteiger partial charge on any atom is -0.481 e. The second-order valence-electron chi connectivity index (χ2n) is 8.27. The van der Waals surface area contributed by atoms with Crippen LogP contribution in [-0.2, 0) is 9.59 Å². The minimum atomic E-state index is -0.862. The summed E-state index contributed by atoms with van der Waals surface area (Å²) in [5, 5.41) is 10.0. The molecule has 178 valence electrons. The second kappa shape index (κ2) is 10.1. The number of hydrogen-bond donors (Lipinski definition) is 1. The van der Waals surface area contributed by atoms with Gasteiger partial charge in [0, 0.05) is 42.7 Å². The molecule has 1 fully saturated rings. The van der Waals surface area contributed by atoms with E-state index in [1.54, 1.807) is 30.0 Å². The monoisotopic (exact) mass is 505 g/mol. The molecular formula is C24H22Cl2FN3O4. The Balaban J connectivity index is 1.54. The van der Waals surface area contributed by atoms with E-state index in [9.17, 15) is 14.0 Å². The fourth-order valence-electron chi connectivity index (χ4n) is 4.26. The van der Waals surface area contributed by atoms with E-state index in [1.165, 1.54) is 18.3 Å². The van der Waals surface area contributed by atoms with Gasteiger partial charge in [0.15, 0.2) is 11.8 Å². The highest BCUT2D eigenvalue weighted by Gasteiger charge is 2.29. The number of carbonyl (C=O) groups is 2. The van der Waals surface area contributed by atoms with E-state index in [-0.39, 0.29) is 34.2 Å². The van der Waals surface area contributed by atoms with Crippen LogP contribution >= 0.6 is 23.2 Å². The van der Waals surface area contributed by atoms with Crippen molar-refractivity contribution in [3.05, 3.63) is 52.4 Å². The lowest BCUT2D eigenvalue weighted by Crippen LogP contribution is -2.46. The summed E-state index contributed by atoms with van der Waals surface area (Å²) in [6.07, 6.45) is 2.31. The quantitative estimate of drug-likeness (QED) is 0.493.